The Labute approximate surface area is 123 Å². The summed E-state index contributed by atoms with van der Waals surface area (Å²) in [5, 5.41) is 19.4. The quantitative estimate of drug-likeness (QED) is 0.586. The van der Waals surface area contributed by atoms with E-state index in [2.05, 4.69) is 0 Å². The van der Waals surface area contributed by atoms with E-state index in [1.165, 1.54) is 0 Å². The zero-order valence-electron chi connectivity index (χ0n) is 12.4. The van der Waals surface area contributed by atoms with Crippen molar-refractivity contribution >= 4 is 12.4 Å². The van der Waals surface area contributed by atoms with Crippen LogP contribution in [0.2, 0.25) is 0 Å². The van der Waals surface area contributed by atoms with Gasteiger partial charge in [-0.05, 0) is 31.9 Å². The number of carbonyl (C=O) groups excluding carboxylic acids is 1. The first-order valence-electron chi connectivity index (χ1n) is 6.61. The van der Waals surface area contributed by atoms with Gasteiger partial charge in [0.1, 0.15) is 0 Å². The van der Waals surface area contributed by atoms with Crippen LogP contribution in [0, 0.1) is 0 Å². The van der Waals surface area contributed by atoms with Crippen molar-refractivity contribution < 1.29 is 24.6 Å². The highest BCUT2D eigenvalue weighted by Crippen LogP contribution is 2.16. The standard InChI is InChI=1S/C15H21NO5/c1-15(2,3)21-16(10-17)9-12-7-5-4-6-11(12)8-13(18)14(19)20/h4-7,10,13,18H,8-9H2,1-3H3,(H,19,20)/t13-/m1/s1. The third-order valence-corrected chi connectivity index (χ3v) is 2.65. The van der Waals surface area contributed by atoms with Crippen molar-refractivity contribution in [2.75, 3.05) is 0 Å². The number of amides is 1. The average Bonchev–Trinajstić information content (AvgIpc) is 2.38. The molecule has 21 heavy (non-hydrogen) atoms. The van der Waals surface area contributed by atoms with Crippen molar-refractivity contribution in [2.45, 2.75) is 45.4 Å². The number of hydrogen-bond donors (Lipinski definition) is 2. The Morgan fingerprint density at radius 1 is 1.33 bits per heavy atom. The van der Waals surface area contributed by atoms with Gasteiger partial charge in [0.2, 0.25) is 6.41 Å². The van der Waals surface area contributed by atoms with Crippen molar-refractivity contribution in [2.24, 2.45) is 0 Å². The Kier molecular flexibility index (Phi) is 5.87. The third kappa shape index (κ3) is 5.93. The molecule has 0 heterocycles. The molecule has 0 aliphatic heterocycles. The third-order valence-electron chi connectivity index (χ3n) is 2.65. The second-order valence-electron chi connectivity index (χ2n) is 5.71. The van der Waals surface area contributed by atoms with Gasteiger partial charge in [0.25, 0.3) is 0 Å². The number of carbonyl (C=O) groups is 2. The summed E-state index contributed by atoms with van der Waals surface area (Å²) < 4.78 is 0. The number of hydroxylamine groups is 2. The van der Waals surface area contributed by atoms with Crippen LogP contribution in [0.4, 0.5) is 0 Å². The average molecular weight is 295 g/mol. The van der Waals surface area contributed by atoms with Crippen LogP contribution < -0.4 is 0 Å². The molecule has 1 rings (SSSR count). The summed E-state index contributed by atoms with van der Waals surface area (Å²) in [5.41, 5.74) is 0.877. The summed E-state index contributed by atoms with van der Waals surface area (Å²) in [6, 6.07) is 7.03. The second kappa shape index (κ2) is 7.19. The molecule has 0 saturated carbocycles. The van der Waals surface area contributed by atoms with Crippen LogP contribution in [-0.4, -0.2) is 39.4 Å². The van der Waals surface area contributed by atoms with E-state index in [1.807, 2.05) is 20.8 Å². The maximum atomic E-state index is 11.1. The highest BCUT2D eigenvalue weighted by molar-refractivity contribution is 5.72. The van der Waals surface area contributed by atoms with Gasteiger partial charge in [-0.15, -0.1) is 0 Å². The van der Waals surface area contributed by atoms with Gasteiger partial charge < -0.3 is 10.2 Å². The fourth-order valence-corrected chi connectivity index (χ4v) is 1.82. The van der Waals surface area contributed by atoms with Crippen LogP contribution in [-0.2, 0) is 27.4 Å². The van der Waals surface area contributed by atoms with Gasteiger partial charge in [-0.25, -0.2) is 9.86 Å². The summed E-state index contributed by atoms with van der Waals surface area (Å²) in [6.45, 7) is 5.65. The molecule has 1 aromatic carbocycles. The summed E-state index contributed by atoms with van der Waals surface area (Å²) >= 11 is 0. The van der Waals surface area contributed by atoms with Crippen molar-refractivity contribution in [3.63, 3.8) is 0 Å². The Bertz CT molecular complexity index is 495. The van der Waals surface area contributed by atoms with Crippen LogP contribution in [0.1, 0.15) is 31.9 Å². The number of carboxylic acid groups (broad SMARTS) is 1. The zero-order chi connectivity index (χ0) is 16.0. The monoisotopic (exact) mass is 295 g/mol. The number of aliphatic carboxylic acids is 1. The van der Waals surface area contributed by atoms with E-state index >= 15 is 0 Å². The lowest BCUT2D eigenvalue weighted by molar-refractivity contribution is -0.220. The normalized spacial score (nSPS) is 12.8. The minimum absolute atomic E-state index is 0.0201. The number of hydrogen-bond acceptors (Lipinski definition) is 4. The van der Waals surface area contributed by atoms with Gasteiger partial charge in [0, 0.05) is 6.42 Å². The molecule has 2 N–H and O–H groups in total. The molecule has 0 spiro atoms. The van der Waals surface area contributed by atoms with Gasteiger partial charge in [-0.1, -0.05) is 24.3 Å². The fourth-order valence-electron chi connectivity index (χ4n) is 1.82. The Balaban J connectivity index is 2.87. The number of aliphatic hydroxyl groups is 1. The molecule has 0 radical (unpaired) electrons. The first-order valence-corrected chi connectivity index (χ1v) is 6.61. The Hall–Kier alpha value is -1.92. The van der Waals surface area contributed by atoms with Gasteiger partial charge >= 0.3 is 5.97 Å². The number of benzene rings is 1. The summed E-state index contributed by atoms with van der Waals surface area (Å²) in [4.78, 5) is 27.3. The number of rotatable bonds is 7. The molecule has 1 aromatic rings. The first-order chi connectivity index (χ1) is 9.73. The predicted octanol–water partition coefficient (Wildman–Crippen LogP) is 1.36. The fraction of sp³-hybridized carbons (Fsp3) is 0.467. The zero-order valence-corrected chi connectivity index (χ0v) is 12.4. The van der Waals surface area contributed by atoms with Crippen LogP contribution in [0.5, 0.6) is 0 Å². The van der Waals surface area contributed by atoms with Gasteiger partial charge in [0.15, 0.2) is 6.10 Å². The number of aliphatic hydroxyl groups excluding tert-OH is 1. The largest absolute Gasteiger partial charge is 0.479 e. The highest BCUT2D eigenvalue weighted by atomic mass is 16.7. The lowest BCUT2D eigenvalue weighted by Crippen LogP contribution is -2.33. The van der Waals surface area contributed by atoms with Crippen molar-refractivity contribution in [1.29, 1.82) is 0 Å². The smallest absolute Gasteiger partial charge is 0.332 e. The van der Waals surface area contributed by atoms with Crippen molar-refractivity contribution in [3.8, 4) is 0 Å². The molecule has 1 amide bonds. The maximum Gasteiger partial charge on any atom is 0.332 e. The first kappa shape index (κ1) is 17.1. The van der Waals surface area contributed by atoms with Crippen LogP contribution in [0.15, 0.2) is 24.3 Å². The Morgan fingerprint density at radius 2 is 1.90 bits per heavy atom. The second-order valence-corrected chi connectivity index (χ2v) is 5.71. The van der Waals surface area contributed by atoms with E-state index in [-0.39, 0.29) is 13.0 Å². The van der Waals surface area contributed by atoms with Gasteiger partial charge in [-0.2, -0.15) is 0 Å². The van der Waals surface area contributed by atoms with E-state index in [0.717, 1.165) is 10.6 Å². The molecule has 0 unspecified atom stereocenters. The predicted molar refractivity (Wildman–Crippen MR) is 76.2 cm³/mol. The molecule has 0 fully saturated rings. The summed E-state index contributed by atoms with van der Waals surface area (Å²) in [5.74, 6) is -1.28. The van der Waals surface area contributed by atoms with E-state index in [4.69, 9.17) is 9.94 Å². The van der Waals surface area contributed by atoms with E-state index in [9.17, 15) is 14.7 Å². The van der Waals surface area contributed by atoms with Gasteiger partial charge in [0.05, 0.1) is 12.1 Å². The minimum atomic E-state index is -1.47. The van der Waals surface area contributed by atoms with Crippen molar-refractivity contribution in [3.05, 3.63) is 35.4 Å². The Morgan fingerprint density at radius 3 is 2.38 bits per heavy atom. The summed E-state index contributed by atoms with van der Waals surface area (Å²) in [6.07, 6.45) is -0.914. The lowest BCUT2D eigenvalue weighted by Gasteiger charge is -2.27. The molecule has 0 bridgehead atoms. The van der Waals surface area contributed by atoms with Crippen LogP contribution >= 0.6 is 0 Å². The van der Waals surface area contributed by atoms with Crippen molar-refractivity contribution in [1.82, 2.24) is 5.06 Å². The van der Waals surface area contributed by atoms with Crippen LogP contribution in [0.3, 0.4) is 0 Å². The SMILES string of the molecule is CC(C)(C)ON(C=O)Cc1ccccc1C[C@@H](O)C(=O)O. The molecule has 6 heteroatoms. The molecule has 116 valence electrons. The van der Waals surface area contributed by atoms with E-state index in [0.29, 0.717) is 12.0 Å². The lowest BCUT2D eigenvalue weighted by atomic mass is 10.0. The number of nitrogens with zero attached hydrogens (tertiary/aromatic N) is 1. The number of carboxylic acids is 1. The van der Waals surface area contributed by atoms with Gasteiger partial charge in [-0.3, -0.25) is 9.63 Å². The highest BCUT2D eigenvalue weighted by Gasteiger charge is 2.19. The van der Waals surface area contributed by atoms with E-state index in [1.54, 1.807) is 24.3 Å². The van der Waals surface area contributed by atoms with E-state index < -0.39 is 17.7 Å². The molecular weight excluding hydrogens is 274 g/mol. The maximum absolute atomic E-state index is 11.1. The molecule has 6 nitrogen and oxygen atoms in total. The summed E-state index contributed by atoms with van der Waals surface area (Å²) in [7, 11) is 0. The van der Waals surface area contributed by atoms with Crippen LogP contribution in [0.25, 0.3) is 0 Å². The molecule has 0 aliphatic rings. The topological polar surface area (TPSA) is 87.1 Å². The molecule has 1 atom stereocenters. The molecule has 0 aromatic heterocycles. The minimum Gasteiger partial charge on any atom is -0.479 e. The molecule has 0 saturated heterocycles. The molecule has 0 aliphatic carbocycles. The molecular formula is C15H21NO5.